The van der Waals surface area contributed by atoms with E-state index < -0.39 is 0 Å². The zero-order valence-corrected chi connectivity index (χ0v) is 7.51. The Bertz CT molecular complexity index is 299. The molecule has 2 rings (SSSR count). The molecule has 3 nitrogen and oxygen atoms in total. The van der Waals surface area contributed by atoms with Gasteiger partial charge in [0.1, 0.15) is 0 Å². The highest BCUT2D eigenvalue weighted by Gasteiger charge is 2.11. The molecule has 0 saturated carbocycles. The van der Waals surface area contributed by atoms with Crippen molar-refractivity contribution >= 4 is 5.69 Å². The van der Waals surface area contributed by atoms with Crippen LogP contribution in [0.1, 0.15) is 17.5 Å². The van der Waals surface area contributed by atoms with Crippen molar-refractivity contribution in [3.05, 3.63) is 29.3 Å². The molecule has 0 fully saturated rings. The van der Waals surface area contributed by atoms with Gasteiger partial charge in [-0.3, -0.25) is 0 Å². The summed E-state index contributed by atoms with van der Waals surface area (Å²) < 4.78 is 0. The summed E-state index contributed by atoms with van der Waals surface area (Å²) in [5, 5.41) is 12.0. The van der Waals surface area contributed by atoms with Gasteiger partial charge in [-0.25, -0.2) is 5.48 Å². The molecular formula is C10H14N2O. The molecule has 1 heterocycles. The fourth-order valence-corrected chi connectivity index (χ4v) is 1.81. The van der Waals surface area contributed by atoms with Gasteiger partial charge in [-0.15, -0.1) is 0 Å². The summed E-state index contributed by atoms with van der Waals surface area (Å²) in [5.41, 5.74) is 5.90. The van der Waals surface area contributed by atoms with E-state index in [0.717, 1.165) is 18.5 Å². The summed E-state index contributed by atoms with van der Waals surface area (Å²) in [6.07, 6.45) is 2.34. The van der Waals surface area contributed by atoms with Crippen molar-refractivity contribution in [3.63, 3.8) is 0 Å². The van der Waals surface area contributed by atoms with Crippen LogP contribution in [0.3, 0.4) is 0 Å². The first-order chi connectivity index (χ1) is 6.42. The van der Waals surface area contributed by atoms with Crippen LogP contribution >= 0.6 is 0 Å². The van der Waals surface area contributed by atoms with E-state index in [0.29, 0.717) is 6.54 Å². The molecule has 0 bridgehead atoms. The zero-order valence-electron chi connectivity index (χ0n) is 7.51. The first-order valence-electron chi connectivity index (χ1n) is 4.63. The van der Waals surface area contributed by atoms with E-state index in [1.165, 1.54) is 17.7 Å². The molecule has 0 saturated heterocycles. The van der Waals surface area contributed by atoms with Gasteiger partial charge in [0.15, 0.2) is 0 Å². The molecule has 3 heteroatoms. The van der Waals surface area contributed by atoms with Crippen molar-refractivity contribution < 1.29 is 5.21 Å². The number of nitrogens with one attached hydrogen (secondary N) is 2. The van der Waals surface area contributed by atoms with Crippen molar-refractivity contribution in [1.29, 1.82) is 0 Å². The maximum Gasteiger partial charge on any atom is 0.0478 e. The SMILES string of the molecule is ONCc1cccc2c1NCCC2. The van der Waals surface area contributed by atoms with Crippen molar-refractivity contribution in [3.8, 4) is 0 Å². The first kappa shape index (κ1) is 8.53. The highest BCUT2D eigenvalue weighted by Crippen LogP contribution is 2.25. The van der Waals surface area contributed by atoms with Gasteiger partial charge in [-0.1, -0.05) is 18.2 Å². The summed E-state index contributed by atoms with van der Waals surface area (Å²) in [6, 6.07) is 6.21. The second kappa shape index (κ2) is 3.77. The van der Waals surface area contributed by atoms with Crippen LogP contribution in [0, 0.1) is 0 Å². The van der Waals surface area contributed by atoms with Crippen LogP contribution in [-0.2, 0) is 13.0 Å². The Balaban J connectivity index is 2.34. The third-order valence-corrected chi connectivity index (χ3v) is 2.43. The van der Waals surface area contributed by atoms with Crippen LogP contribution in [-0.4, -0.2) is 11.8 Å². The maximum atomic E-state index is 8.64. The Hall–Kier alpha value is -1.06. The number of para-hydroxylation sites is 1. The highest BCUT2D eigenvalue weighted by atomic mass is 16.5. The molecule has 0 radical (unpaired) electrons. The molecule has 0 amide bonds. The van der Waals surface area contributed by atoms with Gasteiger partial charge in [0.2, 0.25) is 0 Å². The van der Waals surface area contributed by atoms with Gasteiger partial charge in [0.05, 0.1) is 0 Å². The number of benzene rings is 1. The van der Waals surface area contributed by atoms with Crippen LogP contribution in [0.25, 0.3) is 0 Å². The molecule has 70 valence electrons. The van der Waals surface area contributed by atoms with Gasteiger partial charge >= 0.3 is 0 Å². The highest BCUT2D eigenvalue weighted by molar-refractivity contribution is 5.59. The largest absolute Gasteiger partial charge is 0.385 e. The molecule has 1 aromatic rings. The smallest absolute Gasteiger partial charge is 0.0478 e. The van der Waals surface area contributed by atoms with E-state index in [2.05, 4.69) is 16.9 Å². The lowest BCUT2D eigenvalue weighted by Crippen LogP contribution is -2.16. The molecule has 1 aliphatic heterocycles. The van der Waals surface area contributed by atoms with E-state index in [-0.39, 0.29) is 0 Å². The second-order valence-electron chi connectivity index (χ2n) is 3.32. The molecule has 0 atom stereocenters. The van der Waals surface area contributed by atoms with Crippen LogP contribution in [0.4, 0.5) is 5.69 Å². The minimum absolute atomic E-state index is 0.510. The Kier molecular flexibility index (Phi) is 2.47. The minimum atomic E-state index is 0.510. The predicted molar refractivity (Wildman–Crippen MR) is 51.9 cm³/mol. The topological polar surface area (TPSA) is 44.3 Å². The Morgan fingerprint density at radius 3 is 3.23 bits per heavy atom. The number of rotatable bonds is 2. The Morgan fingerprint density at radius 2 is 2.38 bits per heavy atom. The van der Waals surface area contributed by atoms with Gasteiger partial charge < -0.3 is 10.5 Å². The molecule has 1 aliphatic rings. The average molecular weight is 178 g/mol. The van der Waals surface area contributed by atoms with Crippen molar-refractivity contribution in [2.75, 3.05) is 11.9 Å². The number of hydrogen-bond donors (Lipinski definition) is 3. The minimum Gasteiger partial charge on any atom is -0.385 e. The van der Waals surface area contributed by atoms with E-state index in [1.807, 2.05) is 12.1 Å². The second-order valence-corrected chi connectivity index (χ2v) is 3.32. The molecular weight excluding hydrogens is 164 g/mol. The molecule has 3 N–H and O–H groups in total. The average Bonchev–Trinajstić information content (AvgIpc) is 2.19. The quantitative estimate of drug-likeness (QED) is 0.602. The standard InChI is InChI=1S/C10H14N2O/c13-12-7-9-4-1-3-8-5-2-6-11-10(8)9/h1,3-4,11-13H,2,5-7H2. The molecule has 1 aromatic carbocycles. The summed E-state index contributed by atoms with van der Waals surface area (Å²) in [7, 11) is 0. The summed E-state index contributed by atoms with van der Waals surface area (Å²) in [6.45, 7) is 1.55. The van der Waals surface area contributed by atoms with E-state index in [1.54, 1.807) is 0 Å². The van der Waals surface area contributed by atoms with E-state index in [9.17, 15) is 0 Å². The van der Waals surface area contributed by atoms with E-state index in [4.69, 9.17) is 5.21 Å². The number of aryl methyl sites for hydroxylation is 1. The van der Waals surface area contributed by atoms with Crippen LogP contribution in [0.2, 0.25) is 0 Å². The lowest BCUT2D eigenvalue weighted by molar-refractivity contribution is 0.161. The zero-order chi connectivity index (χ0) is 9.10. The van der Waals surface area contributed by atoms with Crippen LogP contribution in [0.5, 0.6) is 0 Å². The Labute approximate surface area is 77.7 Å². The molecule has 0 unspecified atom stereocenters. The van der Waals surface area contributed by atoms with Crippen LogP contribution in [0.15, 0.2) is 18.2 Å². The van der Waals surface area contributed by atoms with Gasteiger partial charge in [-0.05, 0) is 24.0 Å². The van der Waals surface area contributed by atoms with Crippen molar-refractivity contribution in [2.45, 2.75) is 19.4 Å². The lowest BCUT2D eigenvalue weighted by Gasteiger charge is -2.20. The molecule has 0 aliphatic carbocycles. The van der Waals surface area contributed by atoms with Crippen molar-refractivity contribution in [1.82, 2.24) is 5.48 Å². The summed E-state index contributed by atoms with van der Waals surface area (Å²) >= 11 is 0. The summed E-state index contributed by atoms with van der Waals surface area (Å²) in [5.74, 6) is 0. The fraction of sp³-hybridized carbons (Fsp3) is 0.400. The molecule has 0 aromatic heterocycles. The number of fused-ring (bicyclic) bond motifs is 1. The number of hydroxylamine groups is 1. The lowest BCUT2D eigenvalue weighted by atomic mass is 9.99. The van der Waals surface area contributed by atoms with Gasteiger partial charge in [0.25, 0.3) is 0 Å². The number of hydrogen-bond acceptors (Lipinski definition) is 3. The third kappa shape index (κ3) is 1.66. The normalized spacial score (nSPS) is 14.8. The first-order valence-corrected chi connectivity index (χ1v) is 4.63. The fourth-order valence-electron chi connectivity index (χ4n) is 1.81. The summed E-state index contributed by atoms with van der Waals surface area (Å²) in [4.78, 5) is 0. The number of anilines is 1. The molecule has 0 spiro atoms. The van der Waals surface area contributed by atoms with E-state index >= 15 is 0 Å². The Morgan fingerprint density at radius 1 is 1.46 bits per heavy atom. The predicted octanol–water partition coefficient (Wildman–Crippen LogP) is 1.52. The van der Waals surface area contributed by atoms with Crippen LogP contribution < -0.4 is 10.8 Å². The third-order valence-electron chi connectivity index (χ3n) is 2.43. The van der Waals surface area contributed by atoms with Crippen molar-refractivity contribution in [2.24, 2.45) is 0 Å². The monoisotopic (exact) mass is 178 g/mol. The van der Waals surface area contributed by atoms with Gasteiger partial charge in [-0.2, -0.15) is 0 Å². The maximum absolute atomic E-state index is 8.64. The van der Waals surface area contributed by atoms with Gasteiger partial charge in [0, 0.05) is 18.8 Å². The molecule has 13 heavy (non-hydrogen) atoms.